The lowest BCUT2D eigenvalue weighted by Gasteiger charge is -2.39. The third kappa shape index (κ3) is 5.77. The van der Waals surface area contributed by atoms with E-state index in [1.165, 1.54) is 12.3 Å². The summed E-state index contributed by atoms with van der Waals surface area (Å²) in [6, 6.07) is 9.61. The predicted octanol–water partition coefficient (Wildman–Crippen LogP) is 6.63. The quantitative estimate of drug-likeness (QED) is 0.426. The molecular formula is C30H42N2O5. The van der Waals surface area contributed by atoms with Crippen molar-refractivity contribution in [1.82, 2.24) is 9.13 Å². The zero-order chi connectivity index (χ0) is 27.3. The molecule has 5 rings (SSSR count). The Balaban J connectivity index is 0.000000907. The van der Waals surface area contributed by atoms with Crippen LogP contribution in [0.2, 0.25) is 0 Å². The molecule has 1 aromatic carbocycles. The summed E-state index contributed by atoms with van der Waals surface area (Å²) < 4.78 is 15.9. The smallest absolute Gasteiger partial charge is 0.341 e. The molecule has 1 unspecified atom stereocenters. The number of nitrogens with zero attached hydrogens (tertiary/aromatic N) is 2. The maximum atomic E-state index is 12.6. The van der Waals surface area contributed by atoms with Crippen molar-refractivity contribution in [2.24, 2.45) is 11.3 Å². The largest absolute Gasteiger partial charge is 0.493 e. The number of hydrogen-bond acceptors (Lipinski definition) is 4. The molecule has 0 spiro atoms. The second-order valence-electron chi connectivity index (χ2n) is 10.2. The molecule has 0 radical (unpaired) electrons. The highest BCUT2D eigenvalue weighted by Crippen LogP contribution is 2.43. The Kier molecular flexibility index (Phi) is 9.24. The van der Waals surface area contributed by atoms with Crippen molar-refractivity contribution in [2.75, 3.05) is 19.8 Å². The molecule has 0 aliphatic carbocycles. The number of pyridine rings is 1. The van der Waals surface area contributed by atoms with E-state index in [0.29, 0.717) is 19.1 Å². The molecule has 202 valence electrons. The highest BCUT2D eigenvalue weighted by Gasteiger charge is 2.34. The van der Waals surface area contributed by atoms with Gasteiger partial charge in [-0.3, -0.25) is 4.79 Å². The summed E-state index contributed by atoms with van der Waals surface area (Å²) in [6.07, 6.45) is 3.54. The summed E-state index contributed by atoms with van der Waals surface area (Å²) in [5.41, 5.74) is 1.88. The lowest BCUT2D eigenvalue weighted by molar-refractivity contribution is 0.0500. The third-order valence-electron chi connectivity index (χ3n) is 6.98. The molecule has 0 amide bonds. The Bertz CT molecular complexity index is 1280. The Hall–Kier alpha value is -3.06. The monoisotopic (exact) mass is 510 g/mol. The van der Waals surface area contributed by atoms with E-state index in [1.54, 1.807) is 0 Å². The van der Waals surface area contributed by atoms with E-state index in [9.17, 15) is 14.7 Å². The van der Waals surface area contributed by atoms with E-state index in [-0.39, 0.29) is 17.0 Å². The van der Waals surface area contributed by atoms with Gasteiger partial charge >= 0.3 is 5.97 Å². The molecule has 7 heteroatoms. The van der Waals surface area contributed by atoms with Gasteiger partial charge in [0.2, 0.25) is 0 Å². The maximum Gasteiger partial charge on any atom is 0.341 e. The molecule has 2 aliphatic rings. The second kappa shape index (κ2) is 12.0. The molecule has 0 saturated carbocycles. The number of fused-ring (bicyclic) bond motifs is 5. The number of aromatic nitrogens is 2. The van der Waals surface area contributed by atoms with Crippen molar-refractivity contribution in [3.05, 3.63) is 52.3 Å². The average molecular weight is 511 g/mol. The number of rotatable bonds is 4. The number of carboxylic acids is 1. The van der Waals surface area contributed by atoms with Crippen LogP contribution in [0.15, 0.2) is 41.3 Å². The first kappa shape index (κ1) is 28.5. The zero-order valence-corrected chi connectivity index (χ0v) is 23.3. The fourth-order valence-corrected chi connectivity index (χ4v) is 5.04. The summed E-state index contributed by atoms with van der Waals surface area (Å²) >= 11 is 0. The normalized spacial score (nSPS) is 17.0. The Labute approximate surface area is 220 Å². The van der Waals surface area contributed by atoms with Crippen LogP contribution in [0.25, 0.3) is 22.3 Å². The Morgan fingerprint density at radius 3 is 2.38 bits per heavy atom. The minimum absolute atomic E-state index is 0.0129. The topological polar surface area (TPSA) is 82.7 Å². The average Bonchev–Trinajstić information content (AvgIpc) is 3.28. The van der Waals surface area contributed by atoms with Gasteiger partial charge in [-0.25, -0.2) is 4.79 Å². The standard InChI is InChI=1S/C26H30N2O5.2C2H6/c1-26(2,3)24-14-27-19-5-4-6-23(33-15-16-7-9-32-10-8-16)17(19)11-20(27)21-12-22(29)18(25(30)31)13-28(21)24;2*1-2/h4-6,11-13,16,24H,7-10,14-15H2,1-3H3,(H,30,31);2*1-2H3. The van der Waals surface area contributed by atoms with Gasteiger partial charge in [-0.2, -0.15) is 0 Å². The SMILES string of the molecule is CC.CC.CC(C)(C)C1Cn2c(cc3c(OCC4CCOCC4)cccc32)-c2cc(=O)c(C(=O)O)cn21. The van der Waals surface area contributed by atoms with Crippen LogP contribution >= 0.6 is 0 Å². The van der Waals surface area contributed by atoms with Crippen LogP contribution in [0, 0.1) is 11.3 Å². The van der Waals surface area contributed by atoms with Gasteiger partial charge in [-0.15, -0.1) is 0 Å². The lowest BCUT2D eigenvalue weighted by atomic mass is 9.85. The van der Waals surface area contributed by atoms with Crippen LogP contribution in [-0.2, 0) is 11.3 Å². The fraction of sp³-hybridized carbons (Fsp3) is 0.533. The molecule has 4 heterocycles. The molecular weight excluding hydrogens is 468 g/mol. The summed E-state index contributed by atoms with van der Waals surface area (Å²) in [7, 11) is 0. The van der Waals surface area contributed by atoms with Gasteiger partial charge in [0.1, 0.15) is 11.3 Å². The molecule has 7 nitrogen and oxygen atoms in total. The number of aromatic carboxylic acids is 1. The number of carboxylic acid groups (broad SMARTS) is 1. The predicted molar refractivity (Wildman–Crippen MR) is 149 cm³/mol. The third-order valence-corrected chi connectivity index (χ3v) is 6.98. The van der Waals surface area contributed by atoms with Crippen LogP contribution in [-0.4, -0.2) is 40.0 Å². The lowest BCUT2D eigenvalue weighted by Crippen LogP contribution is -2.35. The summed E-state index contributed by atoms with van der Waals surface area (Å²) in [5, 5.41) is 10.5. The summed E-state index contributed by atoms with van der Waals surface area (Å²) in [4.78, 5) is 24.3. The van der Waals surface area contributed by atoms with E-state index in [4.69, 9.17) is 9.47 Å². The fourth-order valence-electron chi connectivity index (χ4n) is 5.04. The first-order chi connectivity index (χ1) is 17.7. The van der Waals surface area contributed by atoms with Crippen LogP contribution < -0.4 is 10.2 Å². The van der Waals surface area contributed by atoms with Crippen molar-refractivity contribution < 1.29 is 19.4 Å². The number of benzene rings is 1. The summed E-state index contributed by atoms with van der Waals surface area (Å²) in [6.45, 7) is 17.3. The van der Waals surface area contributed by atoms with Crippen molar-refractivity contribution in [1.29, 1.82) is 0 Å². The van der Waals surface area contributed by atoms with Crippen molar-refractivity contribution >= 4 is 16.9 Å². The van der Waals surface area contributed by atoms with Gasteiger partial charge in [0.25, 0.3) is 0 Å². The summed E-state index contributed by atoms with van der Waals surface area (Å²) in [5.74, 6) is 0.132. The second-order valence-corrected chi connectivity index (χ2v) is 10.2. The van der Waals surface area contributed by atoms with Crippen LogP contribution in [0.5, 0.6) is 5.75 Å². The van der Waals surface area contributed by atoms with Crippen molar-refractivity contribution in [2.45, 2.75) is 73.9 Å². The maximum absolute atomic E-state index is 12.6. The zero-order valence-electron chi connectivity index (χ0n) is 23.3. The van der Waals surface area contributed by atoms with Crippen molar-refractivity contribution in [3.8, 4) is 17.1 Å². The van der Waals surface area contributed by atoms with Gasteiger partial charge < -0.3 is 23.7 Å². The number of carbonyl (C=O) groups is 1. The highest BCUT2D eigenvalue weighted by molar-refractivity contribution is 5.92. The highest BCUT2D eigenvalue weighted by atomic mass is 16.5. The van der Waals surface area contributed by atoms with Crippen LogP contribution in [0.4, 0.5) is 0 Å². The minimum Gasteiger partial charge on any atom is -0.493 e. The van der Waals surface area contributed by atoms with E-state index >= 15 is 0 Å². The molecule has 2 aliphatic heterocycles. The first-order valence-corrected chi connectivity index (χ1v) is 13.6. The van der Waals surface area contributed by atoms with Gasteiger partial charge in [-0.1, -0.05) is 54.5 Å². The Morgan fingerprint density at radius 1 is 1.08 bits per heavy atom. The van der Waals surface area contributed by atoms with Crippen LogP contribution in [0.3, 0.4) is 0 Å². The van der Waals surface area contributed by atoms with Crippen LogP contribution in [0.1, 0.15) is 77.7 Å². The van der Waals surface area contributed by atoms with Gasteiger partial charge in [0.05, 0.1) is 29.6 Å². The molecule has 0 bridgehead atoms. The molecule has 1 N–H and O–H groups in total. The molecule has 37 heavy (non-hydrogen) atoms. The van der Waals surface area contributed by atoms with E-state index in [2.05, 4.69) is 37.5 Å². The molecule has 1 atom stereocenters. The van der Waals surface area contributed by atoms with E-state index in [1.807, 2.05) is 44.4 Å². The van der Waals surface area contributed by atoms with E-state index in [0.717, 1.165) is 54.1 Å². The minimum atomic E-state index is -1.20. The number of ether oxygens (including phenoxy) is 2. The van der Waals surface area contributed by atoms with E-state index < -0.39 is 11.4 Å². The molecule has 1 saturated heterocycles. The van der Waals surface area contributed by atoms with Gasteiger partial charge in [0, 0.05) is 37.4 Å². The van der Waals surface area contributed by atoms with Gasteiger partial charge in [-0.05, 0) is 42.4 Å². The molecule has 2 aromatic heterocycles. The number of hydrogen-bond donors (Lipinski definition) is 1. The van der Waals surface area contributed by atoms with Gasteiger partial charge in [0.15, 0.2) is 5.43 Å². The molecule has 1 fully saturated rings. The molecule has 3 aromatic rings. The Morgan fingerprint density at radius 2 is 1.76 bits per heavy atom. The first-order valence-electron chi connectivity index (χ1n) is 13.6. The van der Waals surface area contributed by atoms with Crippen molar-refractivity contribution in [3.63, 3.8) is 0 Å².